The number of esters is 1. The lowest BCUT2D eigenvalue weighted by Crippen LogP contribution is -2.58. The maximum absolute atomic E-state index is 14.0. The highest BCUT2D eigenvalue weighted by Gasteiger charge is 2.49. The second-order valence-corrected chi connectivity index (χ2v) is 13.4. The zero-order valence-electron chi connectivity index (χ0n) is 29.2. The van der Waals surface area contributed by atoms with Crippen LogP contribution in [0.4, 0.5) is 0 Å². The molecular weight excluding hydrogens is 628 g/mol. The SMILES string of the molecule is COc1ccc(CC[C@H](OC(=O)[C@H]2CCCCN2C(=O)C(=O)[C@]2(O)CCCC[C@H]2C)c2cccc(OCCN3CCOCC3)c2)cc1OC. The Kier molecular flexibility index (Phi) is 12.9. The van der Waals surface area contributed by atoms with Gasteiger partial charge in [-0.1, -0.05) is 38.0 Å². The van der Waals surface area contributed by atoms with Gasteiger partial charge in [-0.2, -0.15) is 0 Å². The van der Waals surface area contributed by atoms with E-state index in [9.17, 15) is 19.5 Å². The molecule has 0 radical (unpaired) electrons. The standard InChI is InChI=1S/C38H52N2O9/c1-27-9-4-6-17-38(27,44)35(41)36(42)40-18-7-5-12-31(40)37(43)49-32(15-13-28-14-16-33(45-2)34(25-28)46-3)29-10-8-11-30(26-29)48-24-21-39-19-22-47-23-20-39/h8,10-11,14,16,25-27,31-32,44H,4-7,9,12-13,15,17-24H2,1-3H3/t27-,31-,32+,38+/m1/s1. The number of nitrogens with zero attached hydrogens (tertiary/aromatic N) is 2. The third kappa shape index (κ3) is 9.12. The normalized spacial score (nSPS) is 23.7. The summed E-state index contributed by atoms with van der Waals surface area (Å²) in [5.74, 6) is -0.577. The van der Waals surface area contributed by atoms with E-state index in [0.717, 1.165) is 56.8 Å². The van der Waals surface area contributed by atoms with Crippen LogP contribution in [0.15, 0.2) is 42.5 Å². The van der Waals surface area contributed by atoms with Gasteiger partial charge in [-0.05, 0) is 86.3 Å². The summed E-state index contributed by atoms with van der Waals surface area (Å²) in [5.41, 5.74) is 0.0464. The van der Waals surface area contributed by atoms with Crippen LogP contribution in [-0.2, 0) is 30.3 Å². The van der Waals surface area contributed by atoms with Crippen molar-refractivity contribution in [3.63, 3.8) is 0 Å². The molecule has 11 nitrogen and oxygen atoms in total. The number of aliphatic hydroxyl groups is 1. The average molecular weight is 681 g/mol. The fourth-order valence-electron chi connectivity index (χ4n) is 7.17. The molecule has 1 saturated carbocycles. The van der Waals surface area contributed by atoms with Crippen LogP contribution < -0.4 is 14.2 Å². The number of carbonyl (C=O) groups is 3. The van der Waals surface area contributed by atoms with Crippen molar-refractivity contribution in [2.24, 2.45) is 5.92 Å². The molecule has 0 spiro atoms. The fourth-order valence-corrected chi connectivity index (χ4v) is 7.17. The third-order valence-electron chi connectivity index (χ3n) is 10.3. The van der Waals surface area contributed by atoms with Gasteiger partial charge in [-0.15, -0.1) is 0 Å². The smallest absolute Gasteiger partial charge is 0.329 e. The number of methoxy groups -OCH3 is 2. The van der Waals surface area contributed by atoms with E-state index in [4.69, 9.17) is 23.7 Å². The molecule has 4 atom stereocenters. The van der Waals surface area contributed by atoms with Crippen LogP contribution in [0, 0.1) is 5.92 Å². The van der Waals surface area contributed by atoms with E-state index in [-0.39, 0.29) is 18.9 Å². The Hall–Kier alpha value is -3.67. The van der Waals surface area contributed by atoms with Crippen LogP contribution in [0.5, 0.6) is 17.2 Å². The summed E-state index contributed by atoms with van der Waals surface area (Å²) >= 11 is 0. The molecule has 2 aromatic carbocycles. The Morgan fingerprint density at radius 1 is 0.959 bits per heavy atom. The number of ketones is 1. The van der Waals surface area contributed by atoms with Gasteiger partial charge in [0.1, 0.15) is 30.1 Å². The van der Waals surface area contributed by atoms with Crippen molar-refractivity contribution in [3.05, 3.63) is 53.6 Å². The highest BCUT2D eigenvalue weighted by atomic mass is 16.5. The zero-order valence-corrected chi connectivity index (χ0v) is 29.2. The quantitative estimate of drug-likeness (QED) is 0.225. The van der Waals surface area contributed by atoms with Crippen LogP contribution in [0.2, 0.25) is 0 Å². The summed E-state index contributed by atoms with van der Waals surface area (Å²) in [7, 11) is 3.18. The maximum Gasteiger partial charge on any atom is 0.329 e. The van der Waals surface area contributed by atoms with Gasteiger partial charge in [-0.25, -0.2) is 4.79 Å². The van der Waals surface area contributed by atoms with Gasteiger partial charge < -0.3 is 33.7 Å². The van der Waals surface area contributed by atoms with E-state index in [2.05, 4.69) is 4.90 Å². The van der Waals surface area contributed by atoms with Gasteiger partial charge in [0.05, 0.1) is 27.4 Å². The number of ether oxygens (including phenoxy) is 5. The van der Waals surface area contributed by atoms with Crippen LogP contribution >= 0.6 is 0 Å². The van der Waals surface area contributed by atoms with Gasteiger partial charge >= 0.3 is 5.97 Å². The highest BCUT2D eigenvalue weighted by Crippen LogP contribution is 2.36. The first kappa shape index (κ1) is 36.6. The number of Topliss-reactive ketones (excluding diaryl/α,β-unsaturated/α-hetero) is 1. The molecule has 0 bridgehead atoms. The lowest BCUT2D eigenvalue weighted by Gasteiger charge is -2.39. The van der Waals surface area contributed by atoms with Crippen molar-refractivity contribution < 1.29 is 43.2 Å². The maximum atomic E-state index is 14.0. The Morgan fingerprint density at radius 2 is 1.73 bits per heavy atom. The molecule has 49 heavy (non-hydrogen) atoms. The van der Waals surface area contributed by atoms with E-state index in [1.165, 1.54) is 4.90 Å². The lowest BCUT2D eigenvalue weighted by atomic mass is 9.73. The second kappa shape index (κ2) is 17.3. The Balaban J connectivity index is 1.33. The molecule has 5 rings (SSSR count). The molecule has 2 aromatic rings. The van der Waals surface area contributed by atoms with Crippen LogP contribution in [-0.4, -0.2) is 104 Å². The van der Waals surface area contributed by atoms with E-state index in [1.807, 2.05) is 49.4 Å². The first-order valence-corrected chi connectivity index (χ1v) is 17.8. The van der Waals surface area contributed by atoms with Crippen LogP contribution in [0.1, 0.15) is 75.5 Å². The van der Waals surface area contributed by atoms with E-state index >= 15 is 0 Å². The zero-order chi connectivity index (χ0) is 34.8. The molecular formula is C38H52N2O9. The molecule has 2 aliphatic heterocycles. The van der Waals surface area contributed by atoms with Crippen molar-refractivity contribution in [2.75, 3.05) is 60.2 Å². The summed E-state index contributed by atoms with van der Waals surface area (Å²) in [6.07, 6.45) is 4.68. The predicted octanol–water partition coefficient (Wildman–Crippen LogP) is 4.52. The number of amides is 1. The molecule has 0 aromatic heterocycles. The second-order valence-electron chi connectivity index (χ2n) is 13.4. The largest absolute Gasteiger partial charge is 0.493 e. The number of carbonyl (C=O) groups excluding carboxylic acids is 3. The van der Waals surface area contributed by atoms with Crippen molar-refractivity contribution in [3.8, 4) is 17.2 Å². The number of hydrogen-bond acceptors (Lipinski definition) is 10. The average Bonchev–Trinajstić information content (AvgIpc) is 3.14. The van der Waals surface area contributed by atoms with Gasteiger partial charge in [0.2, 0.25) is 0 Å². The summed E-state index contributed by atoms with van der Waals surface area (Å²) in [6, 6.07) is 12.4. The van der Waals surface area contributed by atoms with Crippen molar-refractivity contribution in [2.45, 2.75) is 82.5 Å². The minimum atomic E-state index is -1.70. The van der Waals surface area contributed by atoms with Gasteiger partial charge in [0, 0.05) is 26.2 Å². The molecule has 3 fully saturated rings. The molecule has 268 valence electrons. The first-order valence-electron chi connectivity index (χ1n) is 17.8. The topological polar surface area (TPSA) is 124 Å². The predicted molar refractivity (Wildman–Crippen MR) is 183 cm³/mol. The molecule has 2 saturated heterocycles. The van der Waals surface area contributed by atoms with E-state index in [0.29, 0.717) is 62.4 Å². The monoisotopic (exact) mass is 680 g/mol. The number of piperidine rings is 1. The molecule has 1 amide bonds. The van der Waals surface area contributed by atoms with Crippen molar-refractivity contribution >= 4 is 17.7 Å². The Bertz CT molecular complexity index is 1430. The number of aryl methyl sites for hydroxylation is 1. The highest BCUT2D eigenvalue weighted by molar-refractivity contribution is 6.39. The van der Waals surface area contributed by atoms with E-state index < -0.39 is 35.4 Å². The van der Waals surface area contributed by atoms with E-state index in [1.54, 1.807) is 14.2 Å². The molecule has 1 aliphatic carbocycles. The summed E-state index contributed by atoms with van der Waals surface area (Å²) in [5, 5.41) is 11.3. The van der Waals surface area contributed by atoms with Gasteiger partial charge in [-0.3, -0.25) is 14.5 Å². The number of benzene rings is 2. The summed E-state index contributed by atoms with van der Waals surface area (Å²) < 4.78 is 28.7. The number of rotatable bonds is 14. The Labute approximate surface area is 289 Å². The molecule has 3 aliphatic rings. The molecule has 11 heteroatoms. The van der Waals surface area contributed by atoms with Crippen LogP contribution in [0.3, 0.4) is 0 Å². The number of hydrogen-bond donors (Lipinski definition) is 1. The third-order valence-corrected chi connectivity index (χ3v) is 10.3. The van der Waals surface area contributed by atoms with Gasteiger partial charge in [0.15, 0.2) is 11.5 Å². The number of morpholine rings is 1. The summed E-state index contributed by atoms with van der Waals surface area (Å²) in [6.45, 7) is 6.57. The molecule has 2 heterocycles. The first-order chi connectivity index (χ1) is 23.7. The van der Waals surface area contributed by atoms with Crippen molar-refractivity contribution in [1.82, 2.24) is 9.80 Å². The minimum Gasteiger partial charge on any atom is -0.493 e. The number of likely N-dealkylation sites (tertiary alicyclic amines) is 1. The lowest BCUT2D eigenvalue weighted by molar-refractivity contribution is -0.169. The minimum absolute atomic E-state index is 0.255. The summed E-state index contributed by atoms with van der Waals surface area (Å²) in [4.78, 5) is 44.8. The molecule has 0 unspecified atom stereocenters. The molecule has 1 N–H and O–H groups in total. The fraction of sp³-hybridized carbons (Fsp3) is 0.605. The van der Waals surface area contributed by atoms with Gasteiger partial charge in [0.25, 0.3) is 11.7 Å². The van der Waals surface area contributed by atoms with Crippen molar-refractivity contribution in [1.29, 1.82) is 0 Å². The van der Waals surface area contributed by atoms with Crippen LogP contribution in [0.25, 0.3) is 0 Å². The Morgan fingerprint density at radius 3 is 2.49 bits per heavy atom.